The van der Waals surface area contributed by atoms with Crippen LogP contribution in [-0.2, 0) is 14.3 Å². The van der Waals surface area contributed by atoms with Crippen LogP contribution in [0.25, 0.3) is 12.2 Å². The molecule has 40 heavy (non-hydrogen) atoms. The molecule has 0 spiro atoms. The summed E-state index contributed by atoms with van der Waals surface area (Å²) < 4.78 is 5.86. The van der Waals surface area contributed by atoms with Crippen molar-refractivity contribution >= 4 is 35.3 Å². The van der Waals surface area contributed by atoms with E-state index in [9.17, 15) is 9.59 Å². The lowest BCUT2D eigenvalue weighted by atomic mass is 9.64. The second-order valence-corrected chi connectivity index (χ2v) is 12.1. The zero-order chi connectivity index (χ0) is 29.3. The maximum atomic E-state index is 13.2. The molecule has 3 rings (SSSR count). The van der Waals surface area contributed by atoms with E-state index in [2.05, 4.69) is 57.0 Å². The predicted octanol–water partition coefficient (Wildman–Crippen LogP) is 8.15. The van der Waals surface area contributed by atoms with E-state index < -0.39 is 5.41 Å². The third-order valence-electron chi connectivity index (χ3n) is 7.70. The van der Waals surface area contributed by atoms with Gasteiger partial charge in [0, 0.05) is 36.2 Å². The number of allylic oxidation sites excluding steroid dienone is 3. The number of nitrogens with one attached hydrogen (secondary N) is 1. The Labute approximate surface area is 241 Å². The maximum absolute atomic E-state index is 13.2. The Morgan fingerprint density at radius 3 is 2.40 bits per heavy atom. The van der Waals surface area contributed by atoms with Crippen molar-refractivity contribution in [1.29, 1.82) is 0 Å². The fourth-order valence-electron chi connectivity index (χ4n) is 5.07. The molecule has 0 amide bonds. The number of carbonyl (C=O) groups is 2. The first-order chi connectivity index (χ1) is 19.0. The van der Waals surface area contributed by atoms with Crippen molar-refractivity contribution in [2.24, 2.45) is 16.7 Å². The molecule has 214 valence electrons. The number of benzene rings is 2. The topological polar surface area (TPSA) is 58.6 Å². The Hall–Kier alpha value is -3.60. The van der Waals surface area contributed by atoms with Crippen molar-refractivity contribution in [3.05, 3.63) is 83.6 Å². The van der Waals surface area contributed by atoms with E-state index >= 15 is 0 Å². The summed E-state index contributed by atoms with van der Waals surface area (Å²) in [7, 11) is 0. The predicted molar refractivity (Wildman–Crippen MR) is 168 cm³/mol. The zero-order valence-corrected chi connectivity index (χ0v) is 25.3. The molecular weight excluding hydrogens is 496 g/mol. The van der Waals surface area contributed by atoms with Crippen molar-refractivity contribution in [3.63, 3.8) is 0 Å². The van der Waals surface area contributed by atoms with Crippen LogP contribution >= 0.6 is 0 Å². The Morgan fingerprint density at radius 2 is 1.70 bits per heavy atom. The maximum Gasteiger partial charge on any atom is 0.312 e. The Bertz CT molecular complexity index is 1270. The molecule has 0 saturated heterocycles. The average Bonchev–Trinajstić information content (AvgIpc) is 2.90. The number of hydrogen-bond donors (Lipinski definition) is 1. The zero-order valence-electron chi connectivity index (χ0n) is 25.3. The minimum absolute atomic E-state index is 0.0867. The standard InChI is InChI=1S/C35H46N2O3/c1-8-36-31-16-11-9-14-27(31)19-21-30(38)24-29-20-18-28-15-10-12-17-32(28)37(29)22-13-23-40-33(39)35(7,25-26(2)3)34(4,5)6/h9-12,14-21,24,26,36H,8,13,22-23,25H2,1-7H3. The number of rotatable bonds is 12. The van der Waals surface area contributed by atoms with Gasteiger partial charge in [-0.05, 0) is 79.5 Å². The van der Waals surface area contributed by atoms with Crippen LogP contribution in [0.1, 0.15) is 72.4 Å². The smallest absolute Gasteiger partial charge is 0.312 e. The lowest BCUT2D eigenvalue weighted by Gasteiger charge is -2.40. The molecule has 1 aliphatic heterocycles. The van der Waals surface area contributed by atoms with Crippen molar-refractivity contribution in [2.45, 2.75) is 61.3 Å². The largest absolute Gasteiger partial charge is 0.465 e. The minimum atomic E-state index is -0.559. The highest BCUT2D eigenvalue weighted by molar-refractivity contribution is 6.04. The molecule has 0 aromatic heterocycles. The highest BCUT2D eigenvalue weighted by Gasteiger charge is 2.45. The van der Waals surface area contributed by atoms with Gasteiger partial charge >= 0.3 is 5.97 Å². The fourth-order valence-corrected chi connectivity index (χ4v) is 5.07. The number of hydrogen-bond acceptors (Lipinski definition) is 5. The number of fused-ring (bicyclic) bond motifs is 1. The average molecular weight is 543 g/mol. The third-order valence-corrected chi connectivity index (χ3v) is 7.70. The molecular formula is C35H46N2O3. The number of ketones is 1. The van der Waals surface area contributed by atoms with Gasteiger partial charge in [0.15, 0.2) is 5.78 Å². The lowest BCUT2D eigenvalue weighted by molar-refractivity contribution is -0.163. The molecule has 1 heterocycles. The normalized spacial score (nSPS) is 15.8. The SMILES string of the molecule is CCNc1ccccc1C=CC(=O)C=C1C=Cc2ccccc2N1CCCOC(=O)C(C)(CC(C)C)C(C)(C)C. The molecule has 1 atom stereocenters. The number of para-hydroxylation sites is 2. The van der Waals surface area contributed by atoms with E-state index in [1.165, 1.54) is 0 Å². The second kappa shape index (κ2) is 13.6. The third kappa shape index (κ3) is 7.74. The van der Waals surface area contributed by atoms with Crippen LogP contribution in [0, 0.1) is 16.7 Å². The quantitative estimate of drug-likeness (QED) is 0.167. The van der Waals surface area contributed by atoms with Gasteiger partial charge in [0.1, 0.15) is 0 Å². The highest BCUT2D eigenvalue weighted by Crippen LogP contribution is 2.44. The molecule has 1 unspecified atom stereocenters. The number of carbonyl (C=O) groups excluding carboxylic acids is 2. The van der Waals surface area contributed by atoms with Crippen LogP contribution in [0.3, 0.4) is 0 Å². The number of ether oxygens (including phenoxy) is 1. The first kappa shape index (κ1) is 30.9. The van der Waals surface area contributed by atoms with Gasteiger partial charge in [0.05, 0.1) is 12.0 Å². The summed E-state index contributed by atoms with van der Waals surface area (Å²) in [5.41, 5.74) is 4.16. The van der Waals surface area contributed by atoms with E-state index in [0.29, 0.717) is 25.5 Å². The number of nitrogens with zero attached hydrogens (tertiary/aromatic N) is 1. The molecule has 0 fully saturated rings. The molecule has 0 radical (unpaired) electrons. The van der Waals surface area contributed by atoms with Crippen LogP contribution < -0.4 is 10.2 Å². The Morgan fingerprint density at radius 1 is 1.00 bits per heavy atom. The number of anilines is 2. The molecule has 1 aliphatic rings. The van der Waals surface area contributed by atoms with E-state index in [4.69, 9.17) is 4.74 Å². The van der Waals surface area contributed by atoms with Crippen LogP contribution in [0.5, 0.6) is 0 Å². The van der Waals surface area contributed by atoms with Crippen molar-refractivity contribution < 1.29 is 14.3 Å². The molecule has 0 bridgehead atoms. The van der Waals surface area contributed by atoms with Gasteiger partial charge in [-0.3, -0.25) is 9.59 Å². The molecule has 0 saturated carbocycles. The fraction of sp³-hybridized carbons (Fsp3) is 0.429. The van der Waals surface area contributed by atoms with Gasteiger partial charge in [-0.1, -0.05) is 77.1 Å². The van der Waals surface area contributed by atoms with E-state index in [1.54, 1.807) is 12.2 Å². The Balaban J connectivity index is 1.73. The second-order valence-electron chi connectivity index (χ2n) is 12.1. The highest BCUT2D eigenvalue weighted by atomic mass is 16.5. The molecule has 2 aromatic carbocycles. The van der Waals surface area contributed by atoms with Crippen LogP contribution in [0.4, 0.5) is 11.4 Å². The lowest BCUT2D eigenvalue weighted by Crippen LogP contribution is -2.43. The molecule has 2 aromatic rings. The molecule has 1 N–H and O–H groups in total. The summed E-state index contributed by atoms with van der Waals surface area (Å²) in [6.45, 7) is 16.4. The van der Waals surface area contributed by atoms with Crippen LogP contribution in [0.15, 0.2) is 72.5 Å². The first-order valence-corrected chi connectivity index (χ1v) is 14.4. The van der Waals surface area contributed by atoms with E-state index in [1.807, 2.05) is 68.5 Å². The summed E-state index contributed by atoms with van der Waals surface area (Å²) in [4.78, 5) is 28.4. The van der Waals surface area contributed by atoms with Gasteiger partial charge in [0.2, 0.25) is 0 Å². The summed E-state index contributed by atoms with van der Waals surface area (Å²) >= 11 is 0. The molecule has 5 heteroatoms. The van der Waals surface area contributed by atoms with E-state index in [0.717, 1.165) is 41.2 Å². The van der Waals surface area contributed by atoms with Crippen molar-refractivity contribution in [1.82, 2.24) is 0 Å². The first-order valence-electron chi connectivity index (χ1n) is 14.4. The van der Waals surface area contributed by atoms with Gasteiger partial charge < -0.3 is 15.0 Å². The van der Waals surface area contributed by atoms with Crippen LogP contribution in [-0.4, -0.2) is 31.4 Å². The van der Waals surface area contributed by atoms with Gasteiger partial charge in [-0.15, -0.1) is 0 Å². The minimum Gasteiger partial charge on any atom is -0.465 e. The van der Waals surface area contributed by atoms with Crippen molar-refractivity contribution in [3.8, 4) is 0 Å². The summed E-state index contributed by atoms with van der Waals surface area (Å²) in [6, 6.07) is 16.1. The monoisotopic (exact) mass is 542 g/mol. The summed E-state index contributed by atoms with van der Waals surface area (Å²) in [5.74, 6) is 0.169. The van der Waals surface area contributed by atoms with Gasteiger partial charge in [-0.2, -0.15) is 0 Å². The molecule has 0 aliphatic carbocycles. The van der Waals surface area contributed by atoms with Crippen molar-refractivity contribution in [2.75, 3.05) is 29.9 Å². The summed E-state index contributed by atoms with van der Waals surface area (Å²) in [6.07, 6.45) is 10.6. The molecule has 5 nitrogen and oxygen atoms in total. The summed E-state index contributed by atoms with van der Waals surface area (Å²) in [5, 5.41) is 3.33. The van der Waals surface area contributed by atoms with Gasteiger partial charge in [-0.25, -0.2) is 0 Å². The van der Waals surface area contributed by atoms with E-state index in [-0.39, 0.29) is 17.2 Å². The Kier molecular flexibility index (Phi) is 10.6. The number of esters is 1. The van der Waals surface area contributed by atoms with Gasteiger partial charge in [0.25, 0.3) is 0 Å². The van der Waals surface area contributed by atoms with Crippen LogP contribution in [0.2, 0.25) is 0 Å².